The van der Waals surface area contributed by atoms with Crippen molar-refractivity contribution in [2.75, 3.05) is 0 Å². The van der Waals surface area contributed by atoms with Gasteiger partial charge in [0, 0.05) is 6.92 Å². The van der Waals surface area contributed by atoms with Crippen LogP contribution in [0.5, 0.6) is 5.75 Å². The minimum absolute atomic E-state index is 0.0450. The fraction of sp³-hybridized carbons (Fsp3) is 0.0556. The maximum absolute atomic E-state index is 12.3. The number of hydrogen-bond acceptors (Lipinski definition) is 6. The number of amidine groups is 1. The molecule has 0 fully saturated rings. The van der Waals surface area contributed by atoms with Crippen molar-refractivity contribution in [2.45, 2.75) is 11.8 Å². The Kier molecular flexibility index (Phi) is 5.43. The Morgan fingerprint density at radius 2 is 1.89 bits per heavy atom. The van der Waals surface area contributed by atoms with Crippen molar-refractivity contribution in [3.8, 4) is 5.75 Å². The minimum atomic E-state index is -3.95. The lowest BCUT2D eigenvalue weighted by Gasteiger charge is -2.07. The number of nitrogens with one attached hydrogen (secondary N) is 1. The highest BCUT2D eigenvalue weighted by molar-refractivity contribution is 8.18. The Labute approximate surface area is 160 Å². The van der Waals surface area contributed by atoms with Crippen molar-refractivity contribution in [3.05, 3.63) is 65.1 Å². The molecule has 1 aliphatic rings. The van der Waals surface area contributed by atoms with Gasteiger partial charge in [0.25, 0.3) is 5.91 Å². The first-order valence-electron chi connectivity index (χ1n) is 7.73. The molecule has 1 N–H and O–H groups in total. The van der Waals surface area contributed by atoms with Gasteiger partial charge in [0.1, 0.15) is 10.6 Å². The van der Waals surface area contributed by atoms with E-state index in [0.717, 1.165) is 11.8 Å². The lowest BCUT2D eigenvalue weighted by molar-refractivity contribution is -0.117. The molecule has 3 rings (SSSR count). The molecule has 2 amide bonds. The van der Waals surface area contributed by atoms with Crippen LogP contribution in [-0.2, 0) is 19.7 Å². The van der Waals surface area contributed by atoms with Gasteiger partial charge in [-0.15, -0.1) is 0 Å². The molecule has 0 saturated heterocycles. The Hall–Kier alpha value is -2.91. The molecule has 0 spiro atoms. The summed E-state index contributed by atoms with van der Waals surface area (Å²) < 4.78 is 29.8. The van der Waals surface area contributed by atoms with Crippen molar-refractivity contribution in [1.29, 1.82) is 0 Å². The van der Waals surface area contributed by atoms with Crippen LogP contribution in [0.1, 0.15) is 12.5 Å². The van der Waals surface area contributed by atoms with Gasteiger partial charge in [-0.05, 0) is 47.7 Å². The number of carbonyl (C=O) groups excluding carboxylic acids is 2. The molecule has 0 radical (unpaired) electrons. The number of aliphatic imine (C=N–C) groups is 1. The van der Waals surface area contributed by atoms with Crippen LogP contribution in [0, 0.1) is 0 Å². The van der Waals surface area contributed by atoms with E-state index < -0.39 is 16.0 Å². The van der Waals surface area contributed by atoms with E-state index in [2.05, 4.69) is 10.3 Å². The first-order valence-corrected chi connectivity index (χ1v) is 9.96. The Bertz CT molecular complexity index is 1060. The molecule has 1 aliphatic heterocycles. The molecule has 2 aromatic rings. The summed E-state index contributed by atoms with van der Waals surface area (Å²) in [6.45, 7) is 1.32. The Morgan fingerprint density at radius 1 is 1.15 bits per heavy atom. The zero-order valence-electron chi connectivity index (χ0n) is 14.1. The largest absolute Gasteiger partial charge is 0.379 e. The standard InChI is InChI=1S/C18H14N2O5S2/c1-12(21)19-18-20-17(22)16(26-18)11-13-6-5-7-14(10-13)25-27(23,24)15-8-3-2-4-9-15/h2-11H,1H3,(H,19,20,21,22)/b16-11-. The number of nitrogens with zero attached hydrogens (tertiary/aromatic N) is 1. The number of carbonyl (C=O) groups is 2. The SMILES string of the molecule is CC(=O)NC1=NC(=O)/C(=C/c2cccc(OS(=O)(=O)c3ccccc3)c2)S1. The molecule has 7 nitrogen and oxygen atoms in total. The highest BCUT2D eigenvalue weighted by atomic mass is 32.2. The molecule has 0 bridgehead atoms. The molecule has 27 heavy (non-hydrogen) atoms. The van der Waals surface area contributed by atoms with E-state index in [0.29, 0.717) is 10.5 Å². The molecule has 2 aromatic carbocycles. The maximum Gasteiger partial charge on any atom is 0.339 e. The number of benzene rings is 2. The summed E-state index contributed by atoms with van der Waals surface area (Å²) in [6.07, 6.45) is 1.55. The molecular formula is C18H14N2O5S2. The van der Waals surface area contributed by atoms with Crippen LogP contribution in [-0.4, -0.2) is 25.4 Å². The van der Waals surface area contributed by atoms with E-state index in [4.69, 9.17) is 4.18 Å². The summed E-state index contributed by atoms with van der Waals surface area (Å²) >= 11 is 1.03. The normalized spacial score (nSPS) is 15.5. The minimum Gasteiger partial charge on any atom is -0.379 e. The van der Waals surface area contributed by atoms with Crippen LogP contribution in [0.15, 0.2) is 69.4 Å². The third-order valence-electron chi connectivity index (χ3n) is 3.30. The monoisotopic (exact) mass is 402 g/mol. The van der Waals surface area contributed by atoms with Crippen molar-refractivity contribution >= 4 is 44.9 Å². The quantitative estimate of drug-likeness (QED) is 0.623. The van der Waals surface area contributed by atoms with Crippen LogP contribution >= 0.6 is 11.8 Å². The second-order valence-electron chi connectivity index (χ2n) is 5.44. The zero-order chi connectivity index (χ0) is 19.4. The second kappa shape index (κ2) is 7.77. The zero-order valence-corrected chi connectivity index (χ0v) is 15.7. The number of amides is 2. The van der Waals surface area contributed by atoms with E-state index in [9.17, 15) is 18.0 Å². The summed E-state index contributed by atoms with van der Waals surface area (Å²) in [4.78, 5) is 27.1. The molecule has 0 aliphatic carbocycles. The first kappa shape index (κ1) is 18.9. The van der Waals surface area contributed by atoms with E-state index in [1.54, 1.807) is 36.4 Å². The fourth-order valence-corrected chi connectivity index (χ4v) is 3.99. The predicted molar refractivity (Wildman–Crippen MR) is 103 cm³/mol. The van der Waals surface area contributed by atoms with Crippen LogP contribution in [0.4, 0.5) is 0 Å². The first-order chi connectivity index (χ1) is 12.8. The fourth-order valence-electron chi connectivity index (χ4n) is 2.18. The molecule has 0 aromatic heterocycles. The molecule has 0 saturated carbocycles. The van der Waals surface area contributed by atoms with E-state index in [1.165, 1.54) is 31.2 Å². The lowest BCUT2D eigenvalue weighted by atomic mass is 10.2. The number of hydrogen-bond donors (Lipinski definition) is 1. The van der Waals surface area contributed by atoms with Crippen LogP contribution in [0.3, 0.4) is 0 Å². The summed E-state index contributed by atoms with van der Waals surface area (Å²) in [5, 5.41) is 2.66. The van der Waals surface area contributed by atoms with Crippen LogP contribution in [0.25, 0.3) is 6.08 Å². The average molecular weight is 402 g/mol. The number of thioether (sulfide) groups is 1. The molecule has 0 atom stereocenters. The van der Waals surface area contributed by atoms with Gasteiger partial charge >= 0.3 is 10.1 Å². The average Bonchev–Trinajstić information content (AvgIpc) is 2.94. The van der Waals surface area contributed by atoms with Crippen molar-refractivity contribution < 1.29 is 22.2 Å². The van der Waals surface area contributed by atoms with Gasteiger partial charge in [-0.25, -0.2) is 0 Å². The van der Waals surface area contributed by atoms with Crippen LogP contribution in [0.2, 0.25) is 0 Å². The summed E-state index contributed by atoms with van der Waals surface area (Å²) in [6, 6.07) is 14.1. The van der Waals surface area contributed by atoms with Gasteiger partial charge in [0.05, 0.1) is 4.91 Å². The third-order valence-corrected chi connectivity index (χ3v) is 5.46. The highest BCUT2D eigenvalue weighted by Crippen LogP contribution is 2.28. The van der Waals surface area contributed by atoms with E-state index >= 15 is 0 Å². The van der Waals surface area contributed by atoms with E-state index in [1.807, 2.05) is 0 Å². The highest BCUT2D eigenvalue weighted by Gasteiger charge is 2.22. The number of rotatable bonds is 4. The summed E-state index contributed by atoms with van der Waals surface area (Å²) in [5.74, 6) is -0.685. The smallest absolute Gasteiger partial charge is 0.339 e. The van der Waals surface area contributed by atoms with Crippen molar-refractivity contribution in [2.24, 2.45) is 4.99 Å². The second-order valence-corrected chi connectivity index (χ2v) is 8.01. The molecule has 0 unspecified atom stereocenters. The van der Waals surface area contributed by atoms with Gasteiger partial charge < -0.3 is 9.50 Å². The van der Waals surface area contributed by atoms with Crippen LogP contribution < -0.4 is 9.50 Å². The van der Waals surface area contributed by atoms with E-state index in [-0.39, 0.29) is 21.7 Å². The van der Waals surface area contributed by atoms with Gasteiger partial charge in [0.15, 0.2) is 5.17 Å². The molecule has 9 heteroatoms. The summed E-state index contributed by atoms with van der Waals surface area (Å²) in [7, 11) is -3.95. The lowest BCUT2D eigenvalue weighted by Crippen LogP contribution is -2.23. The van der Waals surface area contributed by atoms with Crippen molar-refractivity contribution in [1.82, 2.24) is 5.32 Å². The molecular weight excluding hydrogens is 388 g/mol. The molecule has 138 valence electrons. The van der Waals surface area contributed by atoms with Crippen molar-refractivity contribution in [3.63, 3.8) is 0 Å². The summed E-state index contributed by atoms with van der Waals surface area (Å²) in [5.41, 5.74) is 0.561. The molecule has 1 heterocycles. The van der Waals surface area contributed by atoms with Gasteiger partial charge in [0.2, 0.25) is 5.91 Å². The third kappa shape index (κ3) is 4.83. The van der Waals surface area contributed by atoms with Gasteiger partial charge in [-0.2, -0.15) is 13.4 Å². The predicted octanol–water partition coefficient (Wildman–Crippen LogP) is 2.56. The topological polar surface area (TPSA) is 102 Å². The Morgan fingerprint density at radius 3 is 2.59 bits per heavy atom. The van der Waals surface area contributed by atoms with Gasteiger partial charge in [-0.3, -0.25) is 9.59 Å². The Balaban J connectivity index is 1.79. The maximum atomic E-state index is 12.3. The van der Waals surface area contributed by atoms with Gasteiger partial charge in [-0.1, -0.05) is 30.3 Å².